The molecule has 3 N–H and O–H groups in total. The monoisotopic (exact) mass is 322 g/mol. The fraction of sp³-hybridized carbons (Fsp3) is 0.333. The lowest BCUT2D eigenvalue weighted by Crippen LogP contribution is -2.46. The molecule has 2 rings (SSSR count). The number of rotatable bonds is 5. The molecule has 0 atom stereocenters. The van der Waals surface area contributed by atoms with Crippen LogP contribution in [0.4, 0.5) is 10.5 Å². The van der Waals surface area contributed by atoms with E-state index in [4.69, 9.17) is 16.7 Å². The second-order valence-electron chi connectivity index (χ2n) is 5.56. The van der Waals surface area contributed by atoms with Crippen molar-refractivity contribution in [1.82, 2.24) is 15.1 Å². The standard InChI is InChI=1S/C15H19ClN4O2/c1-15(2,7-8-21)19-14(22)18-11-9-17-20(10-11)13-6-4-3-5-12(13)16/h3-6,9-10,21H,7-8H2,1-2H3,(H2,18,19,22). The number of amides is 2. The van der Waals surface area contributed by atoms with Crippen LogP contribution in [0.5, 0.6) is 0 Å². The number of aliphatic hydroxyl groups excluding tert-OH is 1. The van der Waals surface area contributed by atoms with Crippen molar-refractivity contribution in [2.24, 2.45) is 0 Å². The second-order valence-corrected chi connectivity index (χ2v) is 5.97. The van der Waals surface area contributed by atoms with Crippen LogP contribution < -0.4 is 10.6 Å². The number of urea groups is 1. The van der Waals surface area contributed by atoms with E-state index in [1.165, 1.54) is 0 Å². The first-order valence-corrected chi connectivity index (χ1v) is 7.29. The molecule has 2 amide bonds. The van der Waals surface area contributed by atoms with Crippen molar-refractivity contribution in [3.63, 3.8) is 0 Å². The Morgan fingerprint density at radius 3 is 2.82 bits per heavy atom. The number of carbonyl (C=O) groups is 1. The summed E-state index contributed by atoms with van der Waals surface area (Å²) < 4.78 is 1.59. The van der Waals surface area contributed by atoms with Crippen LogP contribution in [0.25, 0.3) is 5.69 Å². The fourth-order valence-electron chi connectivity index (χ4n) is 1.97. The number of para-hydroxylation sites is 1. The molecule has 0 radical (unpaired) electrons. The second kappa shape index (κ2) is 6.81. The van der Waals surface area contributed by atoms with Gasteiger partial charge in [-0.3, -0.25) is 0 Å². The Balaban J connectivity index is 2.04. The highest BCUT2D eigenvalue weighted by Crippen LogP contribution is 2.20. The Morgan fingerprint density at radius 2 is 2.14 bits per heavy atom. The molecule has 0 unspecified atom stereocenters. The molecular weight excluding hydrogens is 304 g/mol. The third-order valence-corrected chi connectivity index (χ3v) is 3.45. The van der Waals surface area contributed by atoms with Gasteiger partial charge in [0.15, 0.2) is 0 Å². The summed E-state index contributed by atoms with van der Waals surface area (Å²) in [5.74, 6) is 0. The van der Waals surface area contributed by atoms with E-state index >= 15 is 0 Å². The van der Waals surface area contributed by atoms with E-state index in [2.05, 4.69) is 15.7 Å². The molecule has 0 saturated carbocycles. The molecule has 0 aliphatic rings. The molecule has 118 valence electrons. The highest BCUT2D eigenvalue weighted by molar-refractivity contribution is 6.32. The van der Waals surface area contributed by atoms with Crippen LogP contribution in [0, 0.1) is 0 Å². The SMILES string of the molecule is CC(C)(CCO)NC(=O)Nc1cnn(-c2ccccc2Cl)c1. The third-order valence-electron chi connectivity index (χ3n) is 3.13. The maximum atomic E-state index is 11.9. The van der Waals surface area contributed by atoms with Gasteiger partial charge in [0.05, 0.1) is 28.8 Å². The van der Waals surface area contributed by atoms with Crippen molar-refractivity contribution in [3.8, 4) is 5.69 Å². The van der Waals surface area contributed by atoms with Crippen molar-refractivity contribution in [1.29, 1.82) is 0 Å². The lowest BCUT2D eigenvalue weighted by atomic mass is 10.0. The van der Waals surface area contributed by atoms with Gasteiger partial charge in [0.25, 0.3) is 0 Å². The minimum atomic E-state index is -0.489. The zero-order chi connectivity index (χ0) is 16.2. The molecule has 0 aliphatic carbocycles. The number of benzene rings is 1. The molecule has 1 heterocycles. The van der Waals surface area contributed by atoms with E-state index in [9.17, 15) is 4.79 Å². The van der Waals surface area contributed by atoms with Crippen molar-refractivity contribution in [2.45, 2.75) is 25.8 Å². The number of carbonyl (C=O) groups excluding carboxylic acids is 1. The van der Waals surface area contributed by atoms with E-state index in [-0.39, 0.29) is 12.6 Å². The number of halogens is 1. The molecule has 0 bridgehead atoms. The lowest BCUT2D eigenvalue weighted by Gasteiger charge is -2.25. The smallest absolute Gasteiger partial charge is 0.319 e. The van der Waals surface area contributed by atoms with Crippen LogP contribution in [0.15, 0.2) is 36.7 Å². The number of nitrogens with one attached hydrogen (secondary N) is 2. The molecule has 7 heteroatoms. The molecule has 22 heavy (non-hydrogen) atoms. The van der Waals surface area contributed by atoms with Crippen LogP contribution in [0.3, 0.4) is 0 Å². The Hall–Kier alpha value is -2.05. The Kier molecular flexibility index (Phi) is 5.05. The first-order chi connectivity index (χ1) is 10.4. The van der Waals surface area contributed by atoms with E-state index in [0.717, 1.165) is 5.69 Å². The van der Waals surface area contributed by atoms with Gasteiger partial charge in [-0.05, 0) is 32.4 Å². The lowest BCUT2D eigenvalue weighted by molar-refractivity contribution is 0.218. The van der Waals surface area contributed by atoms with Crippen molar-refractivity contribution < 1.29 is 9.90 Å². The zero-order valence-electron chi connectivity index (χ0n) is 12.5. The maximum Gasteiger partial charge on any atom is 0.319 e. The van der Waals surface area contributed by atoms with Gasteiger partial charge in [-0.25, -0.2) is 9.48 Å². The summed E-state index contributed by atoms with van der Waals surface area (Å²) in [6.45, 7) is 3.70. The first kappa shape index (κ1) is 16.3. The molecule has 1 aromatic heterocycles. The molecular formula is C15H19ClN4O2. The number of aromatic nitrogens is 2. The van der Waals surface area contributed by atoms with Crippen LogP contribution in [0.2, 0.25) is 5.02 Å². The topological polar surface area (TPSA) is 79.2 Å². The number of hydrogen-bond acceptors (Lipinski definition) is 3. The van der Waals surface area contributed by atoms with Gasteiger partial charge >= 0.3 is 6.03 Å². The molecule has 0 fully saturated rings. The summed E-state index contributed by atoms with van der Waals surface area (Å²) in [6.07, 6.45) is 3.70. The van der Waals surface area contributed by atoms with E-state index in [1.54, 1.807) is 23.1 Å². The molecule has 0 spiro atoms. The quantitative estimate of drug-likeness (QED) is 0.792. The van der Waals surface area contributed by atoms with Crippen LogP contribution in [-0.2, 0) is 0 Å². The minimum Gasteiger partial charge on any atom is -0.396 e. The average Bonchev–Trinajstić information content (AvgIpc) is 2.86. The van der Waals surface area contributed by atoms with Gasteiger partial charge in [-0.1, -0.05) is 23.7 Å². The number of nitrogens with zero attached hydrogens (tertiary/aromatic N) is 2. The summed E-state index contributed by atoms with van der Waals surface area (Å²) in [5, 5.41) is 19.2. The van der Waals surface area contributed by atoms with Crippen molar-refractivity contribution >= 4 is 23.3 Å². The van der Waals surface area contributed by atoms with E-state index in [0.29, 0.717) is 17.1 Å². The van der Waals surface area contributed by atoms with Crippen LogP contribution in [0.1, 0.15) is 20.3 Å². The van der Waals surface area contributed by atoms with E-state index < -0.39 is 5.54 Å². The van der Waals surface area contributed by atoms with E-state index in [1.807, 2.05) is 32.0 Å². The van der Waals surface area contributed by atoms with Gasteiger partial charge in [0, 0.05) is 12.1 Å². The summed E-state index contributed by atoms with van der Waals surface area (Å²) in [6, 6.07) is 6.96. The predicted octanol–water partition coefficient (Wildman–Crippen LogP) is 2.81. The average molecular weight is 323 g/mol. The van der Waals surface area contributed by atoms with Crippen molar-refractivity contribution in [3.05, 3.63) is 41.7 Å². The Bertz CT molecular complexity index is 654. The van der Waals surface area contributed by atoms with Gasteiger partial charge in [-0.15, -0.1) is 0 Å². The summed E-state index contributed by atoms with van der Waals surface area (Å²) in [5.41, 5.74) is 0.799. The van der Waals surface area contributed by atoms with Gasteiger partial charge in [0.2, 0.25) is 0 Å². The van der Waals surface area contributed by atoms with Gasteiger partial charge in [0.1, 0.15) is 0 Å². The minimum absolute atomic E-state index is 0.0116. The molecule has 0 saturated heterocycles. The normalized spacial score (nSPS) is 11.3. The summed E-state index contributed by atoms with van der Waals surface area (Å²) >= 11 is 6.11. The molecule has 1 aromatic carbocycles. The fourth-order valence-corrected chi connectivity index (χ4v) is 2.19. The van der Waals surface area contributed by atoms with Crippen LogP contribution >= 0.6 is 11.6 Å². The highest BCUT2D eigenvalue weighted by atomic mass is 35.5. The number of aliphatic hydroxyl groups is 1. The van der Waals surface area contributed by atoms with Crippen molar-refractivity contribution in [2.75, 3.05) is 11.9 Å². The highest BCUT2D eigenvalue weighted by Gasteiger charge is 2.19. The zero-order valence-corrected chi connectivity index (χ0v) is 13.3. The number of hydrogen-bond donors (Lipinski definition) is 3. The molecule has 0 aliphatic heterocycles. The summed E-state index contributed by atoms with van der Waals surface area (Å²) in [4.78, 5) is 11.9. The Labute approximate surface area is 134 Å². The van der Waals surface area contributed by atoms with Gasteiger partial charge < -0.3 is 15.7 Å². The van der Waals surface area contributed by atoms with Gasteiger partial charge in [-0.2, -0.15) is 5.10 Å². The Morgan fingerprint density at radius 1 is 1.41 bits per heavy atom. The molecule has 2 aromatic rings. The molecule has 6 nitrogen and oxygen atoms in total. The first-order valence-electron chi connectivity index (χ1n) is 6.91. The number of anilines is 1. The third kappa shape index (κ3) is 4.22. The summed E-state index contributed by atoms with van der Waals surface area (Å²) in [7, 11) is 0. The predicted molar refractivity (Wildman–Crippen MR) is 86.5 cm³/mol. The largest absolute Gasteiger partial charge is 0.396 e. The maximum absolute atomic E-state index is 11.9. The van der Waals surface area contributed by atoms with Crippen LogP contribution in [-0.4, -0.2) is 33.1 Å².